The number of sulfonamides is 1. The average molecular weight is 834 g/mol. The standard InChI is InChI=1S/C39H50Cl2N6O8S/c1-24-13-14-26-10-8-12-30(33(26)43-24)53-23-27-28(40)15-16-31(32(27)41)56(51,52)47-19-9-11-29(47)34(48)42-22-25-17-20-46(21-18-25)35(44-36(49)54-38(2,3)4)45-37(50)55-39(5,6)7/h8,10,12-16,25,29H,9,11,17-23H2,1-7H3,(H,42,48)(H,44,45,49,50)/t29-/m0/s1. The maximum atomic E-state index is 14.1. The molecule has 14 nitrogen and oxygen atoms in total. The van der Waals surface area contributed by atoms with E-state index in [1.807, 2.05) is 31.2 Å². The second-order valence-corrected chi connectivity index (χ2v) is 18.5. The van der Waals surface area contributed by atoms with Gasteiger partial charge in [0.1, 0.15) is 40.0 Å². The first-order valence-corrected chi connectivity index (χ1v) is 20.7. The number of benzene rings is 2. The second kappa shape index (κ2) is 17.5. The zero-order valence-corrected chi connectivity index (χ0v) is 35.1. The molecule has 304 valence electrons. The molecule has 0 aliphatic carbocycles. The van der Waals surface area contributed by atoms with Crippen molar-refractivity contribution in [3.05, 3.63) is 63.8 Å². The molecule has 0 radical (unpaired) electrons. The maximum Gasteiger partial charge on any atom is 0.437 e. The minimum Gasteiger partial charge on any atom is -0.487 e. The lowest BCUT2D eigenvalue weighted by Gasteiger charge is -2.34. The quantitative estimate of drug-likeness (QED) is 0.175. The number of halogens is 2. The highest BCUT2D eigenvalue weighted by Gasteiger charge is 2.41. The van der Waals surface area contributed by atoms with Crippen LogP contribution in [-0.4, -0.2) is 90.1 Å². The molecule has 2 aliphatic heterocycles. The Bertz CT molecular complexity index is 2090. The van der Waals surface area contributed by atoms with E-state index in [4.69, 9.17) is 37.4 Å². The van der Waals surface area contributed by atoms with Crippen molar-refractivity contribution >= 4 is 68.2 Å². The zero-order valence-electron chi connectivity index (χ0n) is 32.8. The van der Waals surface area contributed by atoms with Crippen LogP contribution in [0.3, 0.4) is 0 Å². The van der Waals surface area contributed by atoms with Crippen LogP contribution in [0.15, 0.2) is 52.4 Å². The van der Waals surface area contributed by atoms with Gasteiger partial charge in [-0.25, -0.2) is 23.0 Å². The van der Waals surface area contributed by atoms with Crippen LogP contribution in [0.2, 0.25) is 10.0 Å². The summed E-state index contributed by atoms with van der Waals surface area (Å²) < 4.78 is 46.2. The first kappa shape index (κ1) is 43.0. The van der Waals surface area contributed by atoms with Crippen LogP contribution < -0.4 is 15.4 Å². The number of aliphatic imine (C=N–C) groups is 1. The molecule has 0 saturated carbocycles. The molecule has 56 heavy (non-hydrogen) atoms. The number of nitrogens with zero attached hydrogens (tertiary/aromatic N) is 4. The minimum absolute atomic E-state index is 0.0130. The van der Waals surface area contributed by atoms with Crippen molar-refractivity contribution in [2.75, 3.05) is 26.2 Å². The number of para-hydroxylation sites is 1. The van der Waals surface area contributed by atoms with Crippen molar-refractivity contribution in [1.29, 1.82) is 0 Å². The SMILES string of the molecule is Cc1ccc2cccc(OCc3c(Cl)ccc(S(=O)(=O)N4CCC[C@H]4C(=O)NCC4CCN(/C(=N/C(=O)OC(C)(C)C)NC(=O)OC(C)(C)C)CC4)c3Cl)c2n1. The van der Waals surface area contributed by atoms with Crippen molar-refractivity contribution in [3.63, 3.8) is 0 Å². The normalized spacial score (nSPS) is 17.5. The fourth-order valence-corrected chi connectivity index (χ4v) is 8.98. The lowest BCUT2D eigenvalue weighted by atomic mass is 9.97. The molecule has 2 N–H and O–H groups in total. The molecule has 1 atom stereocenters. The number of likely N-dealkylation sites (tertiary alicyclic amines) is 1. The monoisotopic (exact) mass is 832 g/mol. The summed E-state index contributed by atoms with van der Waals surface area (Å²) in [5.74, 6) is 0.152. The topological polar surface area (TPSA) is 169 Å². The predicted octanol–water partition coefficient (Wildman–Crippen LogP) is 7.23. The lowest BCUT2D eigenvalue weighted by Crippen LogP contribution is -2.51. The Morgan fingerprint density at radius 2 is 1.62 bits per heavy atom. The van der Waals surface area contributed by atoms with Gasteiger partial charge in [0, 0.05) is 47.8 Å². The van der Waals surface area contributed by atoms with Crippen LogP contribution in [0, 0.1) is 12.8 Å². The summed E-state index contributed by atoms with van der Waals surface area (Å²) in [4.78, 5) is 49.0. The Balaban J connectivity index is 1.22. The number of nitrogens with one attached hydrogen (secondary N) is 2. The zero-order chi connectivity index (χ0) is 41.0. The Labute approximate surface area is 338 Å². The van der Waals surface area contributed by atoms with E-state index in [9.17, 15) is 22.8 Å². The van der Waals surface area contributed by atoms with E-state index in [2.05, 4.69) is 20.6 Å². The number of hydrogen-bond acceptors (Lipinski definition) is 9. The van der Waals surface area contributed by atoms with E-state index >= 15 is 0 Å². The van der Waals surface area contributed by atoms with Crippen molar-refractivity contribution in [3.8, 4) is 5.75 Å². The summed E-state index contributed by atoms with van der Waals surface area (Å²) in [5, 5.41) is 6.60. The number of hydrogen-bond donors (Lipinski definition) is 2. The van der Waals surface area contributed by atoms with Gasteiger partial charge >= 0.3 is 12.2 Å². The van der Waals surface area contributed by atoms with Crippen LogP contribution in [0.4, 0.5) is 9.59 Å². The Hall–Kier alpha value is -4.18. The molecule has 2 aliphatic rings. The van der Waals surface area contributed by atoms with Crippen molar-refractivity contribution in [2.45, 2.75) is 103 Å². The molecule has 3 aromatic rings. The highest BCUT2D eigenvalue weighted by atomic mass is 35.5. The number of pyridine rings is 1. The number of aromatic nitrogens is 1. The van der Waals surface area contributed by atoms with E-state index in [-0.39, 0.29) is 40.0 Å². The number of carbonyl (C=O) groups is 3. The third-order valence-electron chi connectivity index (χ3n) is 9.12. The maximum absolute atomic E-state index is 14.1. The molecule has 2 aromatic carbocycles. The molecule has 3 amide bonds. The summed E-state index contributed by atoms with van der Waals surface area (Å²) in [6, 6.07) is 11.3. The third-order valence-corrected chi connectivity index (χ3v) is 12.0. The summed E-state index contributed by atoms with van der Waals surface area (Å²) in [5.41, 5.74) is 0.220. The van der Waals surface area contributed by atoms with Crippen molar-refractivity contribution in [1.82, 2.24) is 24.8 Å². The number of amides is 3. The molecule has 2 saturated heterocycles. The number of rotatable bonds is 8. The summed E-state index contributed by atoms with van der Waals surface area (Å²) in [6.45, 7) is 13.4. The van der Waals surface area contributed by atoms with Gasteiger partial charge in [-0.15, -0.1) is 4.99 Å². The fraction of sp³-hybridized carbons (Fsp3) is 0.513. The Morgan fingerprint density at radius 3 is 2.30 bits per heavy atom. The molecular formula is C39H50Cl2N6O8S. The number of guanidine groups is 1. The van der Waals surface area contributed by atoms with Crippen molar-refractivity contribution in [2.24, 2.45) is 10.9 Å². The van der Waals surface area contributed by atoms with E-state index in [0.29, 0.717) is 62.1 Å². The fourth-order valence-electron chi connectivity index (χ4n) is 6.46. The van der Waals surface area contributed by atoms with Crippen molar-refractivity contribution < 1.29 is 37.0 Å². The highest BCUT2D eigenvalue weighted by Crippen LogP contribution is 2.36. The van der Waals surface area contributed by atoms with Gasteiger partial charge in [0.15, 0.2) is 0 Å². The molecular weight excluding hydrogens is 783 g/mol. The second-order valence-electron chi connectivity index (χ2n) is 15.9. The van der Waals surface area contributed by atoms with Gasteiger partial charge in [-0.05, 0) is 104 Å². The number of aryl methyl sites for hydroxylation is 1. The van der Waals surface area contributed by atoms with Crippen LogP contribution in [0.5, 0.6) is 5.75 Å². The average Bonchev–Trinajstić information content (AvgIpc) is 3.60. The number of ether oxygens (including phenoxy) is 3. The summed E-state index contributed by atoms with van der Waals surface area (Å²) in [7, 11) is -4.22. The predicted molar refractivity (Wildman–Crippen MR) is 215 cm³/mol. The Morgan fingerprint density at radius 1 is 0.929 bits per heavy atom. The van der Waals surface area contributed by atoms with Gasteiger partial charge in [-0.2, -0.15) is 4.31 Å². The first-order valence-electron chi connectivity index (χ1n) is 18.5. The minimum atomic E-state index is -4.22. The van der Waals surface area contributed by atoms with Crippen LogP contribution >= 0.6 is 23.2 Å². The first-order chi connectivity index (χ1) is 26.2. The molecule has 2 fully saturated rings. The molecule has 1 aromatic heterocycles. The van der Waals surface area contributed by atoms with Gasteiger partial charge < -0.3 is 24.4 Å². The molecule has 3 heterocycles. The van der Waals surface area contributed by atoms with Gasteiger partial charge in [0.2, 0.25) is 21.9 Å². The van der Waals surface area contributed by atoms with Gasteiger partial charge in [-0.1, -0.05) is 41.4 Å². The van der Waals surface area contributed by atoms with Gasteiger partial charge in [0.05, 0.1) is 5.02 Å². The van der Waals surface area contributed by atoms with Gasteiger partial charge in [-0.3, -0.25) is 10.1 Å². The van der Waals surface area contributed by atoms with Gasteiger partial charge in [0.25, 0.3) is 0 Å². The molecule has 0 unspecified atom stereocenters. The highest BCUT2D eigenvalue weighted by molar-refractivity contribution is 7.89. The number of carbonyl (C=O) groups excluding carboxylic acids is 3. The van der Waals surface area contributed by atoms with E-state index in [1.165, 1.54) is 16.4 Å². The third kappa shape index (κ3) is 11.0. The molecule has 0 bridgehead atoms. The molecule has 17 heteroatoms. The number of alkyl carbamates (subject to hydrolysis) is 1. The van der Waals surface area contributed by atoms with E-state index in [0.717, 1.165) is 11.1 Å². The van der Waals surface area contributed by atoms with E-state index in [1.54, 1.807) is 52.5 Å². The van der Waals surface area contributed by atoms with Crippen LogP contribution in [-0.2, 0) is 30.9 Å². The number of fused-ring (bicyclic) bond motifs is 1. The lowest BCUT2D eigenvalue weighted by molar-refractivity contribution is -0.124. The van der Waals surface area contributed by atoms with Crippen LogP contribution in [0.25, 0.3) is 10.9 Å². The number of piperidine rings is 1. The smallest absolute Gasteiger partial charge is 0.437 e. The summed E-state index contributed by atoms with van der Waals surface area (Å²) in [6.07, 6.45) is 0.412. The van der Waals surface area contributed by atoms with E-state index < -0.39 is 45.4 Å². The van der Waals surface area contributed by atoms with Crippen LogP contribution in [0.1, 0.15) is 78.5 Å². The molecule has 5 rings (SSSR count). The largest absolute Gasteiger partial charge is 0.487 e. The molecule has 0 spiro atoms. The Kier molecular flexibility index (Phi) is 13.4. The summed E-state index contributed by atoms with van der Waals surface area (Å²) >= 11 is 13.3.